The Kier molecular flexibility index (Phi) is 8.45. The fourth-order valence-corrected chi connectivity index (χ4v) is 7.10. The second-order valence-corrected chi connectivity index (χ2v) is 12.4. The maximum absolute atomic E-state index is 14.2. The molecule has 0 heterocycles. The van der Waals surface area contributed by atoms with E-state index in [0.29, 0.717) is 28.9 Å². The van der Waals surface area contributed by atoms with Crippen LogP contribution in [-0.2, 0) is 33.8 Å². The van der Waals surface area contributed by atoms with Gasteiger partial charge in [0.1, 0.15) is 22.8 Å². The van der Waals surface area contributed by atoms with Crippen LogP contribution in [0.25, 0.3) is 0 Å². The number of anilines is 1. The molecule has 0 fully saturated rings. The number of nitrogens with zero attached hydrogens (tertiary/aromatic N) is 2. The lowest BCUT2D eigenvalue weighted by Gasteiger charge is -2.50. The first kappa shape index (κ1) is 32.7. The number of hydrogen-bond donors (Lipinski definition) is 6. The molecule has 1 amide bonds. The van der Waals surface area contributed by atoms with E-state index >= 15 is 0 Å². The number of rotatable bonds is 8. The van der Waals surface area contributed by atoms with Crippen molar-refractivity contribution in [2.75, 3.05) is 40.2 Å². The van der Waals surface area contributed by atoms with Crippen molar-refractivity contribution in [3.63, 3.8) is 0 Å². The molecule has 244 valence electrons. The van der Waals surface area contributed by atoms with E-state index in [1.165, 1.54) is 12.0 Å². The number of ketones is 2. The Morgan fingerprint density at radius 2 is 1.72 bits per heavy atom. The van der Waals surface area contributed by atoms with Crippen molar-refractivity contribution in [1.29, 1.82) is 0 Å². The molecule has 3 aliphatic rings. The van der Waals surface area contributed by atoms with Crippen molar-refractivity contribution in [3.05, 3.63) is 80.8 Å². The van der Waals surface area contributed by atoms with Crippen molar-refractivity contribution in [1.82, 2.24) is 10.2 Å². The van der Waals surface area contributed by atoms with Crippen molar-refractivity contribution in [2.24, 2.45) is 17.6 Å². The standard InChI is InChI=1S/C33H38N4O9/c1-36(2)21-12-18(14-35-13-15-6-8-16(9-7-15)32(44)46-5)26(38)23-19(21)10-17-11-20-25(37(3)4)28(40)24(31(34)43)30(42)33(20,45)29(41)22(17)27(23)39/h6-9,12,17,20,25,35,38,40-41,45H,10-11,13-14H2,1-5H3,(H2,34,43)/t17?,20?,25-,33-/m0/s1. The Morgan fingerprint density at radius 1 is 1.07 bits per heavy atom. The summed E-state index contributed by atoms with van der Waals surface area (Å²) in [5, 5.41) is 49.0. The van der Waals surface area contributed by atoms with Gasteiger partial charge in [-0.3, -0.25) is 19.3 Å². The van der Waals surface area contributed by atoms with E-state index in [9.17, 15) is 39.6 Å². The molecule has 7 N–H and O–H groups in total. The SMILES string of the molecule is COC(=O)c1ccc(CNCc2cc(N(C)C)c3c(c2O)C(=O)C2=C(O)[C@]4(O)C(=O)C(C(N)=O)=C(O)[C@@H](N(C)C)C4CC2C3)cc1. The molecule has 0 spiro atoms. The minimum Gasteiger partial charge on any atom is -0.510 e. The Hall–Kier alpha value is -4.72. The molecule has 5 rings (SSSR count). The number of amides is 1. The number of Topliss-reactive ketones (excluding diaryl/α,β-unsaturated/α-hetero) is 2. The van der Waals surface area contributed by atoms with Gasteiger partial charge in [0.2, 0.25) is 5.78 Å². The largest absolute Gasteiger partial charge is 0.510 e. The van der Waals surface area contributed by atoms with E-state index in [1.54, 1.807) is 58.5 Å². The van der Waals surface area contributed by atoms with Crippen LogP contribution >= 0.6 is 0 Å². The molecule has 2 unspecified atom stereocenters. The monoisotopic (exact) mass is 634 g/mol. The van der Waals surface area contributed by atoms with Crippen LogP contribution in [0.1, 0.15) is 43.8 Å². The van der Waals surface area contributed by atoms with Crippen molar-refractivity contribution in [2.45, 2.75) is 37.6 Å². The number of nitrogens with two attached hydrogens (primary N) is 1. The zero-order valence-electron chi connectivity index (χ0n) is 26.2. The summed E-state index contributed by atoms with van der Waals surface area (Å²) >= 11 is 0. The van der Waals surface area contributed by atoms with Gasteiger partial charge in [-0.05, 0) is 62.2 Å². The maximum Gasteiger partial charge on any atom is 0.337 e. The third kappa shape index (κ3) is 5.00. The molecule has 4 atom stereocenters. The Labute approximate surface area is 265 Å². The topological polar surface area (TPSA) is 203 Å². The highest BCUT2D eigenvalue weighted by Gasteiger charge is 2.63. The number of aromatic hydroxyl groups is 1. The first-order valence-electron chi connectivity index (χ1n) is 14.7. The van der Waals surface area contributed by atoms with Gasteiger partial charge in [0, 0.05) is 49.9 Å². The quantitative estimate of drug-likeness (QED) is 0.180. The van der Waals surface area contributed by atoms with Crippen LogP contribution < -0.4 is 16.0 Å². The number of allylic oxidation sites excluding steroid dienone is 1. The van der Waals surface area contributed by atoms with Gasteiger partial charge in [-0.25, -0.2) is 4.79 Å². The second-order valence-electron chi connectivity index (χ2n) is 12.4. The molecule has 0 aromatic heterocycles. The minimum atomic E-state index is -2.70. The lowest BCUT2D eigenvalue weighted by atomic mass is 9.58. The zero-order chi connectivity index (χ0) is 33.8. The number of aliphatic hydroxyl groups excluding tert-OH is 2. The molecule has 0 aliphatic heterocycles. The summed E-state index contributed by atoms with van der Waals surface area (Å²) in [6.07, 6.45) is 0.202. The number of phenols is 1. The number of carbonyl (C=O) groups is 4. The average Bonchev–Trinajstić information content (AvgIpc) is 2.99. The fourth-order valence-electron chi connectivity index (χ4n) is 7.10. The number of benzene rings is 2. The molecule has 13 nitrogen and oxygen atoms in total. The van der Waals surface area contributed by atoms with Gasteiger partial charge in [0.15, 0.2) is 11.4 Å². The average molecular weight is 635 g/mol. The summed E-state index contributed by atoms with van der Waals surface area (Å²) in [6, 6.07) is 7.54. The number of esters is 1. The molecule has 3 aliphatic carbocycles. The van der Waals surface area contributed by atoms with Gasteiger partial charge < -0.3 is 41.1 Å². The summed E-state index contributed by atoms with van der Waals surface area (Å²) < 4.78 is 4.73. The third-order valence-corrected chi connectivity index (χ3v) is 9.28. The van der Waals surface area contributed by atoms with Crippen LogP contribution in [-0.4, -0.2) is 95.7 Å². The lowest BCUT2D eigenvalue weighted by Crippen LogP contribution is -2.63. The number of ether oxygens (including phenoxy) is 1. The molecule has 46 heavy (non-hydrogen) atoms. The molecule has 2 aromatic carbocycles. The van der Waals surface area contributed by atoms with Gasteiger partial charge in [0.05, 0.1) is 24.3 Å². The predicted molar refractivity (Wildman–Crippen MR) is 166 cm³/mol. The van der Waals surface area contributed by atoms with Gasteiger partial charge in [0.25, 0.3) is 5.91 Å². The number of carbonyl (C=O) groups excluding carboxylic acids is 4. The summed E-state index contributed by atoms with van der Waals surface area (Å²) in [5.74, 6) is -7.33. The summed E-state index contributed by atoms with van der Waals surface area (Å²) in [4.78, 5) is 55.0. The highest BCUT2D eigenvalue weighted by molar-refractivity contribution is 6.25. The lowest BCUT2D eigenvalue weighted by molar-refractivity contribution is -0.148. The molecule has 13 heteroatoms. The third-order valence-electron chi connectivity index (χ3n) is 9.28. The zero-order valence-corrected chi connectivity index (χ0v) is 26.2. The van der Waals surface area contributed by atoms with Crippen LogP contribution in [0.5, 0.6) is 5.75 Å². The summed E-state index contributed by atoms with van der Waals surface area (Å²) in [7, 11) is 8.08. The Balaban J connectivity index is 1.53. The fraction of sp³-hybridized carbons (Fsp3) is 0.394. The molecule has 0 radical (unpaired) electrons. The van der Waals surface area contributed by atoms with Crippen LogP contribution in [0.3, 0.4) is 0 Å². The van der Waals surface area contributed by atoms with Crippen LogP contribution in [0.15, 0.2) is 53.0 Å². The smallest absolute Gasteiger partial charge is 0.337 e. The maximum atomic E-state index is 14.2. The first-order valence-corrected chi connectivity index (χ1v) is 14.7. The van der Waals surface area contributed by atoms with Gasteiger partial charge in [-0.15, -0.1) is 0 Å². The first-order chi connectivity index (χ1) is 21.6. The molecular formula is C33H38N4O9. The normalized spacial score (nSPS) is 24.0. The van der Waals surface area contributed by atoms with Crippen molar-refractivity contribution < 1.29 is 44.3 Å². The number of nitrogens with one attached hydrogen (secondary N) is 1. The summed E-state index contributed by atoms with van der Waals surface area (Å²) in [5.41, 5.74) is 4.48. The minimum absolute atomic E-state index is 0.0114. The number of aliphatic hydroxyl groups is 3. The number of phenolic OH excluding ortho intramolecular Hbond substituents is 1. The van der Waals surface area contributed by atoms with Gasteiger partial charge in [-0.2, -0.15) is 0 Å². The highest BCUT2D eigenvalue weighted by Crippen LogP contribution is 2.53. The number of hydrogen-bond acceptors (Lipinski definition) is 12. The van der Waals surface area contributed by atoms with E-state index in [0.717, 1.165) is 5.56 Å². The summed E-state index contributed by atoms with van der Waals surface area (Å²) in [6.45, 7) is 0.533. The molecule has 2 aromatic rings. The van der Waals surface area contributed by atoms with E-state index < -0.39 is 64.0 Å². The molecular weight excluding hydrogens is 596 g/mol. The van der Waals surface area contributed by atoms with Crippen molar-refractivity contribution in [3.8, 4) is 5.75 Å². The van der Waals surface area contributed by atoms with E-state index in [-0.39, 0.29) is 36.3 Å². The predicted octanol–water partition coefficient (Wildman–Crippen LogP) is 1.26. The molecule has 0 saturated carbocycles. The molecule has 0 bridgehead atoms. The van der Waals surface area contributed by atoms with Gasteiger partial charge in [-0.1, -0.05) is 12.1 Å². The van der Waals surface area contributed by atoms with E-state index in [2.05, 4.69) is 5.32 Å². The van der Waals surface area contributed by atoms with Crippen LogP contribution in [0.4, 0.5) is 5.69 Å². The van der Waals surface area contributed by atoms with E-state index in [1.807, 2.05) is 4.90 Å². The van der Waals surface area contributed by atoms with Crippen molar-refractivity contribution >= 4 is 29.1 Å². The number of fused-ring (bicyclic) bond motifs is 3. The Bertz CT molecular complexity index is 1710. The highest BCUT2D eigenvalue weighted by atomic mass is 16.5. The Morgan fingerprint density at radius 3 is 2.28 bits per heavy atom. The molecule has 0 saturated heterocycles. The number of methoxy groups -OCH3 is 1. The number of likely N-dealkylation sites (N-methyl/N-ethyl adjacent to an activating group) is 1. The van der Waals surface area contributed by atoms with Crippen LogP contribution in [0, 0.1) is 11.8 Å². The second kappa shape index (κ2) is 11.9. The van der Waals surface area contributed by atoms with E-state index in [4.69, 9.17) is 10.5 Å². The van der Waals surface area contributed by atoms with Gasteiger partial charge >= 0.3 is 5.97 Å². The van der Waals surface area contributed by atoms with Crippen LogP contribution in [0.2, 0.25) is 0 Å². The number of primary amides is 1.